The van der Waals surface area contributed by atoms with Gasteiger partial charge in [-0.2, -0.15) is 0 Å². The Hall–Kier alpha value is -1.22. The monoisotopic (exact) mass is 208 g/mol. The molecular weight excluding hydrogens is 188 g/mol. The first-order valence-corrected chi connectivity index (χ1v) is 5.22. The number of methoxy groups -OCH3 is 1. The normalized spacial score (nSPS) is 12.5. The molecule has 0 heterocycles. The van der Waals surface area contributed by atoms with Crippen LogP contribution >= 0.6 is 0 Å². The van der Waals surface area contributed by atoms with E-state index in [4.69, 9.17) is 10.5 Å². The lowest BCUT2D eigenvalue weighted by molar-refractivity contribution is 0.164. The lowest BCUT2D eigenvalue weighted by Gasteiger charge is -2.13. The predicted molar refractivity (Wildman–Crippen MR) is 65.1 cm³/mol. The van der Waals surface area contributed by atoms with Crippen LogP contribution in [0.3, 0.4) is 0 Å². The number of aryl methyl sites for hydroxylation is 1. The van der Waals surface area contributed by atoms with E-state index in [1.165, 1.54) is 5.56 Å². The van der Waals surface area contributed by atoms with Crippen molar-refractivity contribution in [1.29, 1.82) is 0 Å². The second kappa shape index (κ2) is 5.61. The second-order valence-electron chi connectivity index (χ2n) is 4.07. The summed E-state index contributed by atoms with van der Waals surface area (Å²) >= 11 is 0. The molecule has 0 aliphatic rings. The highest BCUT2D eigenvalue weighted by atomic mass is 16.5. The van der Waals surface area contributed by atoms with Gasteiger partial charge in [0.25, 0.3) is 0 Å². The third kappa shape index (κ3) is 4.21. The van der Waals surface area contributed by atoms with Crippen molar-refractivity contribution < 1.29 is 4.74 Å². The van der Waals surface area contributed by atoms with Crippen LogP contribution in [0, 0.1) is 12.8 Å². The summed E-state index contributed by atoms with van der Waals surface area (Å²) in [6.45, 7) is 5.86. The summed E-state index contributed by atoms with van der Waals surface area (Å²) in [7, 11) is 1.72. The number of hydrogen-bond acceptors (Lipinski definition) is 3. The Kier molecular flexibility index (Phi) is 4.43. The fourth-order valence-corrected chi connectivity index (χ4v) is 1.55. The van der Waals surface area contributed by atoms with Gasteiger partial charge in [0.2, 0.25) is 0 Å². The number of benzene rings is 1. The molecular formula is C12H20N2O. The van der Waals surface area contributed by atoms with E-state index in [2.05, 4.69) is 18.3 Å². The number of ether oxygens (including phenoxy) is 1. The standard InChI is InChI=1S/C12H20N2O/c1-9-4-11(13)6-12(5-9)14-7-10(2)8-15-3/h4-6,10,14H,7-8,13H2,1-3H3. The molecule has 1 rings (SSSR count). The smallest absolute Gasteiger partial charge is 0.0504 e. The summed E-state index contributed by atoms with van der Waals surface area (Å²) in [6, 6.07) is 6.01. The zero-order valence-electron chi connectivity index (χ0n) is 9.71. The van der Waals surface area contributed by atoms with Gasteiger partial charge in [0.05, 0.1) is 6.61 Å². The zero-order chi connectivity index (χ0) is 11.3. The Morgan fingerprint density at radius 3 is 2.73 bits per heavy atom. The van der Waals surface area contributed by atoms with Gasteiger partial charge in [-0.05, 0) is 36.6 Å². The average molecular weight is 208 g/mol. The van der Waals surface area contributed by atoms with Crippen molar-refractivity contribution in [1.82, 2.24) is 0 Å². The van der Waals surface area contributed by atoms with Gasteiger partial charge in [-0.25, -0.2) is 0 Å². The van der Waals surface area contributed by atoms with Crippen molar-refractivity contribution in [2.45, 2.75) is 13.8 Å². The van der Waals surface area contributed by atoms with Crippen molar-refractivity contribution in [3.63, 3.8) is 0 Å². The van der Waals surface area contributed by atoms with Gasteiger partial charge in [0, 0.05) is 25.0 Å². The third-order valence-corrected chi connectivity index (χ3v) is 2.21. The van der Waals surface area contributed by atoms with Crippen molar-refractivity contribution in [2.24, 2.45) is 5.92 Å². The van der Waals surface area contributed by atoms with Crippen LogP contribution in [-0.4, -0.2) is 20.3 Å². The van der Waals surface area contributed by atoms with Crippen LogP contribution in [-0.2, 0) is 4.74 Å². The summed E-state index contributed by atoms with van der Waals surface area (Å²) in [6.07, 6.45) is 0. The van der Waals surface area contributed by atoms with Crippen LogP contribution in [0.1, 0.15) is 12.5 Å². The minimum absolute atomic E-state index is 0.497. The molecule has 0 amide bonds. The van der Waals surface area contributed by atoms with E-state index in [9.17, 15) is 0 Å². The molecule has 0 saturated carbocycles. The highest BCUT2D eigenvalue weighted by molar-refractivity contribution is 5.56. The molecule has 0 bridgehead atoms. The van der Waals surface area contributed by atoms with Gasteiger partial charge in [-0.15, -0.1) is 0 Å². The van der Waals surface area contributed by atoms with Gasteiger partial charge in [-0.1, -0.05) is 6.92 Å². The molecule has 0 saturated heterocycles. The topological polar surface area (TPSA) is 47.3 Å². The number of hydrogen-bond donors (Lipinski definition) is 2. The first-order valence-electron chi connectivity index (χ1n) is 5.22. The van der Waals surface area contributed by atoms with E-state index in [-0.39, 0.29) is 0 Å². The van der Waals surface area contributed by atoms with E-state index in [0.717, 1.165) is 24.5 Å². The van der Waals surface area contributed by atoms with Crippen LogP contribution in [0.25, 0.3) is 0 Å². The molecule has 0 aliphatic heterocycles. The van der Waals surface area contributed by atoms with Gasteiger partial charge in [0.1, 0.15) is 0 Å². The van der Waals surface area contributed by atoms with Crippen LogP contribution in [0.4, 0.5) is 11.4 Å². The molecule has 0 aliphatic carbocycles. The molecule has 3 N–H and O–H groups in total. The second-order valence-corrected chi connectivity index (χ2v) is 4.07. The molecule has 1 aromatic carbocycles. The van der Waals surface area contributed by atoms with Gasteiger partial charge >= 0.3 is 0 Å². The number of rotatable bonds is 5. The van der Waals surface area contributed by atoms with Crippen LogP contribution < -0.4 is 11.1 Å². The molecule has 84 valence electrons. The number of anilines is 2. The molecule has 1 atom stereocenters. The maximum atomic E-state index is 5.76. The number of nitrogens with one attached hydrogen (secondary N) is 1. The Morgan fingerprint density at radius 1 is 1.40 bits per heavy atom. The highest BCUT2D eigenvalue weighted by Gasteiger charge is 2.01. The molecule has 0 fully saturated rings. The zero-order valence-corrected chi connectivity index (χ0v) is 9.71. The maximum Gasteiger partial charge on any atom is 0.0504 e. The third-order valence-electron chi connectivity index (χ3n) is 2.21. The summed E-state index contributed by atoms with van der Waals surface area (Å²) in [5, 5.41) is 3.35. The summed E-state index contributed by atoms with van der Waals surface area (Å²) in [5.74, 6) is 0.497. The van der Waals surface area contributed by atoms with E-state index < -0.39 is 0 Å². The fraction of sp³-hybridized carbons (Fsp3) is 0.500. The van der Waals surface area contributed by atoms with Gasteiger partial charge in [0.15, 0.2) is 0 Å². The Bertz CT molecular complexity index is 292. The minimum atomic E-state index is 0.497. The number of nitrogens with two attached hydrogens (primary N) is 1. The quantitative estimate of drug-likeness (QED) is 0.730. The van der Waals surface area contributed by atoms with E-state index in [1.807, 2.05) is 19.1 Å². The van der Waals surface area contributed by atoms with E-state index in [1.54, 1.807) is 7.11 Å². The summed E-state index contributed by atoms with van der Waals surface area (Å²) in [5.41, 5.74) is 8.82. The van der Waals surface area contributed by atoms with Crippen molar-refractivity contribution >= 4 is 11.4 Å². The SMILES string of the molecule is COCC(C)CNc1cc(C)cc(N)c1. The van der Waals surface area contributed by atoms with Crippen molar-refractivity contribution in [2.75, 3.05) is 31.3 Å². The molecule has 0 spiro atoms. The summed E-state index contributed by atoms with van der Waals surface area (Å²) < 4.78 is 5.07. The van der Waals surface area contributed by atoms with Crippen molar-refractivity contribution in [3.05, 3.63) is 23.8 Å². The Balaban J connectivity index is 2.50. The maximum absolute atomic E-state index is 5.76. The molecule has 0 radical (unpaired) electrons. The highest BCUT2D eigenvalue weighted by Crippen LogP contribution is 2.16. The lowest BCUT2D eigenvalue weighted by atomic mass is 10.1. The Labute approximate surface area is 91.6 Å². The average Bonchev–Trinajstić information content (AvgIpc) is 2.14. The first kappa shape index (κ1) is 11.9. The summed E-state index contributed by atoms with van der Waals surface area (Å²) in [4.78, 5) is 0. The Morgan fingerprint density at radius 2 is 2.13 bits per heavy atom. The molecule has 1 unspecified atom stereocenters. The molecule has 15 heavy (non-hydrogen) atoms. The largest absolute Gasteiger partial charge is 0.399 e. The van der Waals surface area contributed by atoms with E-state index >= 15 is 0 Å². The molecule has 3 heteroatoms. The molecule has 1 aromatic rings. The fourth-order valence-electron chi connectivity index (χ4n) is 1.55. The van der Waals surface area contributed by atoms with E-state index in [0.29, 0.717) is 5.92 Å². The van der Waals surface area contributed by atoms with Crippen molar-refractivity contribution in [3.8, 4) is 0 Å². The van der Waals surface area contributed by atoms with Crippen LogP contribution in [0.5, 0.6) is 0 Å². The van der Waals surface area contributed by atoms with Gasteiger partial charge in [-0.3, -0.25) is 0 Å². The first-order chi connectivity index (χ1) is 7.11. The molecule has 0 aromatic heterocycles. The van der Waals surface area contributed by atoms with Crippen LogP contribution in [0.2, 0.25) is 0 Å². The van der Waals surface area contributed by atoms with Crippen LogP contribution in [0.15, 0.2) is 18.2 Å². The molecule has 3 nitrogen and oxygen atoms in total. The lowest BCUT2D eigenvalue weighted by Crippen LogP contribution is -2.15. The van der Waals surface area contributed by atoms with Gasteiger partial charge < -0.3 is 15.8 Å². The predicted octanol–water partition coefficient (Wildman–Crippen LogP) is 2.27. The number of nitrogen functional groups attached to an aromatic ring is 1. The minimum Gasteiger partial charge on any atom is -0.399 e.